The van der Waals surface area contributed by atoms with Crippen molar-refractivity contribution in [3.63, 3.8) is 0 Å². The zero-order valence-corrected chi connectivity index (χ0v) is 8.77. The predicted octanol–water partition coefficient (Wildman–Crippen LogP) is 2.36. The summed E-state index contributed by atoms with van der Waals surface area (Å²) in [6.45, 7) is 0.192. The van der Waals surface area contributed by atoms with Crippen LogP contribution in [0.2, 0.25) is 5.02 Å². The summed E-state index contributed by atoms with van der Waals surface area (Å²) < 4.78 is 25.8. The topological polar surface area (TPSA) is 38.9 Å². The molecular formula is C10H11ClF2N2. The summed E-state index contributed by atoms with van der Waals surface area (Å²) in [4.78, 5) is 4.06. The minimum atomic E-state index is -2.60. The van der Waals surface area contributed by atoms with Gasteiger partial charge in [-0.2, -0.15) is 0 Å². The SMILES string of the molecule is NCC1(c2ccc(Cl)cn2)CC(F)(F)C1. The molecule has 0 bridgehead atoms. The molecule has 2 N–H and O–H groups in total. The van der Waals surface area contributed by atoms with Crippen molar-refractivity contribution in [2.45, 2.75) is 24.2 Å². The molecule has 1 aliphatic carbocycles. The highest BCUT2D eigenvalue weighted by Crippen LogP contribution is 2.52. The molecule has 1 saturated carbocycles. The molecule has 1 heterocycles. The minimum Gasteiger partial charge on any atom is -0.330 e. The molecule has 0 unspecified atom stereocenters. The molecule has 82 valence electrons. The first-order chi connectivity index (χ1) is 6.97. The van der Waals surface area contributed by atoms with Crippen molar-refractivity contribution in [1.29, 1.82) is 0 Å². The molecule has 0 spiro atoms. The number of rotatable bonds is 2. The number of hydrogen-bond acceptors (Lipinski definition) is 2. The van der Waals surface area contributed by atoms with Crippen LogP contribution in [0, 0.1) is 0 Å². The summed E-state index contributed by atoms with van der Waals surface area (Å²) in [5.41, 5.74) is 5.51. The maximum Gasteiger partial charge on any atom is 0.250 e. The van der Waals surface area contributed by atoms with Gasteiger partial charge in [-0.3, -0.25) is 4.98 Å². The Balaban J connectivity index is 2.25. The average molecular weight is 233 g/mol. The quantitative estimate of drug-likeness (QED) is 0.850. The number of aromatic nitrogens is 1. The van der Waals surface area contributed by atoms with Crippen LogP contribution in [0.1, 0.15) is 18.5 Å². The first kappa shape index (κ1) is 10.8. The molecule has 1 aliphatic rings. The lowest BCUT2D eigenvalue weighted by Gasteiger charge is -2.46. The molecule has 5 heteroatoms. The molecule has 0 saturated heterocycles. The standard InChI is InChI=1S/C10H11ClF2N2/c11-7-1-2-8(15-3-7)9(6-14)4-10(12,13)5-9/h1-3H,4-6,14H2. The molecule has 1 fully saturated rings. The fourth-order valence-corrected chi connectivity index (χ4v) is 2.17. The van der Waals surface area contributed by atoms with Gasteiger partial charge in [-0.25, -0.2) is 8.78 Å². The maximum absolute atomic E-state index is 12.9. The number of nitrogens with two attached hydrogens (primary N) is 1. The molecule has 1 aromatic rings. The van der Waals surface area contributed by atoms with Crippen molar-refractivity contribution >= 4 is 11.6 Å². The summed E-state index contributed by atoms with van der Waals surface area (Å²) >= 11 is 5.68. The van der Waals surface area contributed by atoms with Crippen LogP contribution in [-0.2, 0) is 5.41 Å². The Morgan fingerprint density at radius 1 is 1.40 bits per heavy atom. The largest absolute Gasteiger partial charge is 0.330 e. The molecule has 15 heavy (non-hydrogen) atoms. The van der Waals surface area contributed by atoms with E-state index in [4.69, 9.17) is 17.3 Å². The van der Waals surface area contributed by atoms with E-state index in [1.54, 1.807) is 12.1 Å². The van der Waals surface area contributed by atoms with E-state index in [-0.39, 0.29) is 19.4 Å². The number of halogens is 3. The number of pyridine rings is 1. The lowest BCUT2D eigenvalue weighted by Crippen LogP contribution is -2.54. The van der Waals surface area contributed by atoms with Crippen LogP contribution in [0.4, 0.5) is 8.78 Å². The van der Waals surface area contributed by atoms with Gasteiger partial charge in [0, 0.05) is 36.7 Å². The smallest absolute Gasteiger partial charge is 0.250 e. The first-order valence-corrected chi connectivity index (χ1v) is 5.05. The van der Waals surface area contributed by atoms with E-state index in [1.165, 1.54) is 6.20 Å². The van der Waals surface area contributed by atoms with Gasteiger partial charge in [0.15, 0.2) is 0 Å². The van der Waals surface area contributed by atoms with Crippen LogP contribution in [0.15, 0.2) is 18.3 Å². The molecule has 0 radical (unpaired) electrons. The van der Waals surface area contributed by atoms with Gasteiger partial charge in [0.1, 0.15) is 0 Å². The highest BCUT2D eigenvalue weighted by molar-refractivity contribution is 6.30. The third-order valence-corrected chi connectivity index (χ3v) is 3.08. The molecule has 2 nitrogen and oxygen atoms in total. The molecular weight excluding hydrogens is 222 g/mol. The van der Waals surface area contributed by atoms with E-state index in [0.717, 1.165) is 0 Å². The molecule has 0 atom stereocenters. The van der Waals surface area contributed by atoms with Gasteiger partial charge in [-0.1, -0.05) is 11.6 Å². The molecule has 1 aromatic heterocycles. The summed E-state index contributed by atoms with van der Waals surface area (Å²) in [6.07, 6.45) is 1.03. The first-order valence-electron chi connectivity index (χ1n) is 4.67. The van der Waals surface area contributed by atoms with E-state index in [9.17, 15) is 8.78 Å². The van der Waals surface area contributed by atoms with Gasteiger partial charge < -0.3 is 5.73 Å². The van der Waals surface area contributed by atoms with Crippen molar-refractivity contribution in [3.8, 4) is 0 Å². The van der Waals surface area contributed by atoms with Crippen molar-refractivity contribution in [1.82, 2.24) is 4.98 Å². The van der Waals surface area contributed by atoms with E-state index in [0.29, 0.717) is 10.7 Å². The second-order valence-electron chi connectivity index (χ2n) is 4.06. The third-order valence-electron chi connectivity index (χ3n) is 2.86. The highest BCUT2D eigenvalue weighted by Gasteiger charge is 2.57. The van der Waals surface area contributed by atoms with Crippen molar-refractivity contribution in [2.24, 2.45) is 5.73 Å². The fraction of sp³-hybridized carbons (Fsp3) is 0.500. The number of nitrogens with zero attached hydrogens (tertiary/aromatic N) is 1. The Labute approximate surface area is 91.4 Å². The lowest BCUT2D eigenvalue weighted by atomic mass is 9.64. The molecule has 0 aliphatic heterocycles. The van der Waals surface area contributed by atoms with Gasteiger partial charge in [-0.15, -0.1) is 0 Å². The number of alkyl halides is 2. The van der Waals surface area contributed by atoms with Gasteiger partial charge in [0.2, 0.25) is 5.92 Å². The summed E-state index contributed by atoms with van der Waals surface area (Å²) in [5, 5.41) is 0.497. The maximum atomic E-state index is 12.9. The van der Waals surface area contributed by atoms with E-state index < -0.39 is 11.3 Å². The second-order valence-corrected chi connectivity index (χ2v) is 4.49. The van der Waals surface area contributed by atoms with Crippen molar-refractivity contribution in [3.05, 3.63) is 29.0 Å². The van der Waals surface area contributed by atoms with Crippen LogP contribution < -0.4 is 5.73 Å². The van der Waals surface area contributed by atoms with Crippen molar-refractivity contribution in [2.75, 3.05) is 6.54 Å². The Bertz CT molecular complexity index is 356. The summed E-state index contributed by atoms with van der Waals surface area (Å²) in [5.74, 6) is -2.60. The predicted molar refractivity (Wildman–Crippen MR) is 54.2 cm³/mol. The Morgan fingerprint density at radius 3 is 2.47 bits per heavy atom. The van der Waals surface area contributed by atoms with Crippen LogP contribution in [0.25, 0.3) is 0 Å². The van der Waals surface area contributed by atoms with Gasteiger partial charge >= 0.3 is 0 Å². The van der Waals surface area contributed by atoms with Crippen LogP contribution >= 0.6 is 11.6 Å². The fourth-order valence-electron chi connectivity index (χ4n) is 2.06. The Hall–Kier alpha value is -0.740. The van der Waals surface area contributed by atoms with E-state index in [1.807, 2.05) is 0 Å². The van der Waals surface area contributed by atoms with Crippen molar-refractivity contribution < 1.29 is 8.78 Å². The zero-order chi connectivity index (χ0) is 11.1. The second kappa shape index (κ2) is 3.39. The highest BCUT2D eigenvalue weighted by atomic mass is 35.5. The monoisotopic (exact) mass is 232 g/mol. The summed E-state index contributed by atoms with van der Waals surface area (Å²) in [6, 6.07) is 3.32. The molecule has 2 rings (SSSR count). The van der Waals surface area contributed by atoms with E-state index in [2.05, 4.69) is 4.98 Å². The zero-order valence-electron chi connectivity index (χ0n) is 8.01. The average Bonchev–Trinajstić information content (AvgIpc) is 2.14. The van der Waals surface area contributed by atoms with Gasteiger partial charge in [0.05, 0.1) is 5.02 Å². The molecule has 0 aromatic carbocycles. The minimum absolute atomic E-state index is 0.192. The van der Waals surface area contributed by atoms with Gasteiger partial charge in [-0.05, 0) is 12.1 Å². The molecule has 0 amide bonds. The Kier molecular flexibility index (Phi) is 2.43. The summed E-state index contributed by atoms with van der Waals surface area (Å²) in [7, 11) is 0. The Morgan fingerprint density at radius 2 is 2.07 bits per heavy atom. The number of hydrogen-bond donors (Lipinski definition) is 1. The van der Waals surface area contributed by atoms with E-state index >= 15 is 0 Å². The normalized spacial score (nSPS) is 22.1. The third kappa shape index (κ3) is 1.84. The lowest BCUT2D eigenvalue weighted by molar-refractivity contribution is -0.125. The van der Waals surface area contributed by atoms with Crippen LogP contribution in [0.5, 0.6) is 0 Å². The van der Waals surface area contributed by atoms with Gasteiger partial charge in [0.25, 0.3) is 0 Å². The van der Waals surface area contributed by atoms with Crippen LogP contribution in [0.3, 0.4) is 0 Å². The van der Waals surface area contributed by atoms with Crippen LogP contribution in [-0.4, -0.2) is 17.5 Å².